The lowest BCUT2D eigenvalue weighted by molar-refractivity contribution is 0.0770. The first kappa shape index (κ1) is 14.2. The van der Waals surface area contributed by atoms with E-state index in [4.69, 9.17) is 10.5 Å². The van der Waals surface area contributed by atoms with Gasteiger partial charge in [0.2, 0.25) is 6.35 Å². The van der Waals surface area contributed by atoms with Crippen LogP contribution in [0.2, 0.25) is 0 Å². The van der Waals surface area contributed by atoms with Crippen LogP contribution in [0.15, 0.2) is 22.1 Å². The third-order valence-corrected chi connectivity index (χ3v) is 3.50. The van der Waals surface area contributed by atoms with Crippen molar-refractivity contribution >= 4 is 22.9 Å². The lowest BCUT2D eigenvalue weighted by Crippen LogP contribution is -2.56. The van der Waals surface area contributed by atoms with Gasteiger partial charge >= 0.3 is 0 Å². The highest BCUT2D eigenvalue weighted by molar-refractivity contribution is 6.49. The van der Waals surface area contributed by atoms with E-state index in [1.807, 2.05) is 19.1 Å². The zero-order valence-electron chi connectivity index (χ0n) is 11.6. The third-order valence-electron chi connectivity index (χ3n) is 3.50. The van der Waals surface area contributed by atoms with Crippen molar-refractivity contribution in [2.75, 3.05) is 11.4 Å². The van der Waals surface area contributed by atoms with E-state index in [0.717, 1.165) is 0 Å². The van der Waals surface area contributed by atoms with Gasteiger partial charge in [-0.25, -0.2) is 15.3 Å². The van der Waals surface area contributed by atoms with Crippen molar-refractivity contribution in [1.82, 2.24) is 5.32 Å². The number of nitrogens with zero attached hydrogens (tertiary/aromatic N) is 5. The summed E-state index contributed by atoms with van der Waals surface area (Å²) in [6, 6.07) is 7.03. The molecule has 2 aliphatic rings. The average Bonchev–Trinajstić information content (AvgIpc) is 2.51. The van der Waals surface area contributed by atoms with Gasteiger partial charge in [-0.2, -0.15) is 10.5 Å². The van der Waals surface area contributed by atoms with E-state index in [1.54, 1.807) is 11.0 Å². The van der Waals surface area contributed by atoms with Gasteiger partial charge in [0.05, 0.1) is 22.5 Å². The van der Waals surface area contributed by atoms with E-state index >= 15 is 0 Å². The summed E-state index contributed by atoms with van der Waals surface area (Å²) in [7, 11) is 0. The number of hydrogen-bond acceptors (Lipinski definition) is 8. The fourth-order valence-corrected chi connectivity index (χ4v) is 2.51. The highest BCUT2D eigenvalue weighted by atomic mass is 16.3. The zero-order valence-corrected chi connectivity index (χ0v) is 11.6. The summed E-state index contributed by atoms with van der Waals surface area (Å²) in [5, 5.41) is 40.4. The first-order valence-corrected chi connectivity index (χ1v) is 6.63. The molecule has 0 saturated carbocycles. The molecule has 2 aliphatic heterocycles. The normalized spacial score (nSPS) is 22.7. The van der Waals surface area contributed by atoms with Gasteiger partial charge in [-0.05, 0) is 19.1 Å². The largest absolute Gasteiger partial charge is 0.372 e. The van der Waals surface area contributed by atoms with Crippen molar-refractivity contribution in [2.24, 2.45) is 9.98 Å². The molecule has 8 nitrogen and oxygen atoms in total. The van der Waals surface area contributed by atoms with E-state index in [-0.39, 0.29) is 16.8 Å². The first-order valence-electron chi connectivity index (χ1n) is 6.63. The number of amidine groups is 1. The lowest BCUT2D eigenvalue weighted by atomic mass is 10.0. The monoisotopic (exact) mass is 296 g/mol. The minimum absolute atomic E-state index is 0.223. The van der Waals surface area contributed by atoms with E-state index in [1.165, 1.54) is 6.07 Å². The van der Waals surface area contributed by atoms with E-state index in [2.05, 4.69) is 15.3 Å². The second-order valence-electron chi connectivity index (χ2n) is 4.75. The van der Waals surface area contributed by atoms with Gasteiger partial charge in [0.1, 0.15) is 17.9 Å². The highest BCUT2D eigenvalue weighted by Crippen LogP contribution is 2.36. The molecule has 0 saturated heterocycles. The van der Waals surface area contributed by atoms with Gasteiger partial charge in [0.15, 0.2) is 12.1 Å². The molecule has 0 bridgehead atoms. The van der Waals surface area contributed by atoms with Crippen LogP contribution in [0.3, 0.4) is 0 Å². The number of aliphatic hydroxyl groups excluding tert-OH is 2. The number of nitrogens with one attached hydrogen (secondary N) is 1. The molecule has 3 rings (SSSR count). The maximum atomic E-state index is 10.0. The molecule has 0 fully saturated rings. The molecular weight excluding hydrogens is 284 g/mol. The van der Waals surface area contributed by atoms with E-state index in [9.17, 15) is 10.2 Å². The van der Waals surface area contributed by atoms with Gasteiger partial charge in [0, 0.05) is 6.54 Å². The molecule has 0 spiro atoms. The fourth-order valence-electron chi connectivity index (χ4n) is 2.51. The number of rotatable bonds is 1. The first-order chi connectivity index (χ1) is 10.6. The van der Waals surface area contributed by atoms with Gasteiger partial charge in [-0.1, -0.05) is 0 Å². The van der Waals surface area contributed by atoms with Gasteiger partial charge in [-0.15, -0.1) is 0 Å². The average molecular weight is 296 g/mol. The smallest absolute Gasteiger partial charge is 0.206 e. The van der Waals surface area contributed by atoms with Crippen LogP contribution in [0, 0.1) is 22.7 Å². The summed E-state index contributed by atoms with van der Waals surface area (Å²) in [6.07, 6.45) is -2.39. The third kappa shape index (κ3) is 2.03. The second-order valence-corrected chi connectivity index (χ2v) is 4.75. The molecule has 22 heavy (non-hydrogen) atoms. The van der Waals surface area contributed by atoms with Crippen molar-refractivity contribution in [3.05, 3.63) is 23.3 Å². The number of anilines is 1. The molecule has 0 amide bonds. The topological polar surface area (TPSA) is 128 Å². The van der Waals surface area contributed by atoms with Crippen molar-refractivity contribution in [3.63, 3.8) is 0 Å². The Morgan fingerprint density at radius 3 is 2.59 bits per heavy atom. The zero-order chi connectivity index (χ0) is 15.9. The van der Waals surface area contributed by atoms with Crippen LogP contribution in [0.4, 0.5) is 11.4 Å². The van der Waals surface area contributed by atoms with Crippen LogP contribution >= 0.6 is 0 Å². The van der Waals surface area contributed by atoms with Crippen molar-refractivity contribution in [1.29, 1.82) is 10.5 Å². The molecule has 1 aromatic rings. The summed E-state index contributed by atoms with van der Waals surface area (Å²) in [5.41, 5.74) is 1.83. The Hall–Kier alpha value is -2.78. The molecule has 2 atom stereocenters. The number of hydrogen-bond donors (Lipinski definition) is 3. The van der Waals surface area contributed by atoms with Crippen LogP contribution in [-0.4, -0.2) is 40.9 Å². The van der Waals surface area contributed by atoms with Crippen LogP contribution in [-0.2, 0) is 0 Å². The Bertz CT molecular complexity index is 786. The molecule has 0 radical (unpaired) electrons. The van der Waals surface area contributed by atoms with Crippen LogP contribution in [0.5, 0.6) is 0 Å². The minimum atomic E-state index is -1.23. The Kier molecular flexibility index (Phi) is 3.35. The molecule has 1 aromatic carbocycles. The summed E-state index contributed by atoms with van der Waals surface area (Å²) < 4.78 is 0. The Labute approximate surface area is 126 Å². The Morgan fingerprint density at radius 2 is 1.95 bits per heavy atom. The number of aliphatic hydroxyl groups is 2. The number of fused-ring (bicyclic) bond motifs is 2. The van der Waals surface area contributed by atoms with Crippen molar-refractivity contribution in [3.8, 4) is 12.1 Å². The fraction of sp³-hybridized carbons (Fsp3) is 0.286. The van der Waals surface area contributed by atoms with Crippen LogP contribution < -0.4 is 10.2 Å². The predicted octanol–water partition coefficient (Wildman–Crippen LogP) is -0.0616. The maximum absolute atomic E-state index is 10.0. The predicted molar refractivity (Wildman–Crippen MR) is 78.6 cm³/mol. The lowest BCUT2D eigenvalue weighted by Gasteiger charge is -2.35. The molecule has 3 N–H and O–H groups in total. The summed E-state index contributed by atoms with van der Waals surface area (Å²) in [5.74, 6) is 0.349. The molecular formula is C14H12N6O2. The van der Waals surface area contributed by atoms with E-state index < -0.39 is 12.6 Å². The molecule has 8 heteroatoms. The molecule has 0 aliphatic carbocycles. The number of aliphatic imine (C=N–C) groups is 2. The van der Waals surface area contributed by atoms with Crippen LogP contribution in [0.1, 0.15) is 18.1 Å². The number of nitriles is 2. The summed E-state index contributed by atoms with van der Waals surface area (Å²) in [6.45, 7) is 2.38. The van der Waals surface area contributed by atoms with Gasteiger partial charge < -0.3 is 15.1 Å². The summed E-state index contributed by atoms with van der Waals surface area (Å²) in [4.78, 5) is 10.1. The second kappa shape index (κ2) is 5.20. The molecule has 2 unspecified atom stereocenters. The van der Waals surface area contributed by atoms with Crippen molar-refractivity contribution in [2.45, 2.75) is 19.5 Å². The van der Waals surface area contributed by atoms with Crippen LogP contribution in [0.25, 0.3) is 0 Å². The molecule has 110 valence electrons. The van der Waals surface area contributed by atoms with E-state index in [0.29, 0.717) is 23.8 Å². The van der Waals surface area contributed by atoms with Crippen molar-refractivity contribution < 1.29 is 10.2 Å². The maximum Gasteiger partial charge on any atom is 0.206 e. The minimum Gasteiger partial charge on any atom is -0.372 e. The highest BCUT2D eigenvalue weighted by Gasteiger charge is 2.35. The number of benzene rings is 1. The standard InChI is InChI=1S/C14H12N6O2/c1-2-20-10-4-8(6-16)7(5-15)3-9(10)17-11-12(20)18-14(22)19-13(11)21/h3-4,13-14,19,21-22H,2H2,1H3. The van der Waals surface area contributed by atoms with Gasteiger partial charge in [-0.3, -0.25) is 0 Å². The summed E-state index contributed by atoms with van der Waals surface area (Å²) >= 11 is 0. The Balaban J connectivity index is 2.26. The molecule has 2 heterocycles. The SMILES string of the molecule is CCN1C2=NC(O)NC(O)C2=Nc2cc(C#N)c(C#N)cc21. The Morgan fingerprint density at radius 1 is 1.27 bits per heavy atom. The quantitative estimate of drug-likeness (QED) is 0.666. The van der Waals surface area contributed by atoms with Gasteiger partial charge in [0.25, 0.3) is 0 Å². The molecule has 0 aromatic heterocycles.